The number of ketones is 1. The Morgan fingerprint density at radius 2 is 1.89 bits per heavy atom. The van der Waals surface area contributed by atoms with Gasteiger partial charge >= 0.3 is 5.69 Å². The zero-order valence-corrected chi connectivity index (χ0v) is 11.5. The molecule has 19 heavy (non-hydrogen) atoms. The summed E-state index contributed by atoms with van der Waals surface area (Å²) < 4.78 is 2.27. The van der Waals surface area contributed by atoms with Crippen LogP contribution in [0.5, 0.6) is 0 Å². The van der Waals surface area contributed by atoms with Crippen LogP contribution in [0.2, 0.25) is 0 Å². The number of carbonyl (C=O) groups excluding carboxylic acids is 1. The standard InChI is InChI=1S/C14H20N2O3/c1-15-9-11(13(18)16(2)14(15)19)12(17)8-7-10-5-3-4-6-10/h9-10H,3-8H2,1-2H3. The summed E-state index contributed by atoms with van der Waals surface area (Å²) in [4.78, 5) is 35.6. The first-order valence-corrected chi connectivity index (χ1v) is 6.80. The van der Waals surface area contributed by atoms with E-state index in [1.165, 1.54) is 43.5 Å². The van der Waals surface area contributed by atoms with Crippen LogP contribution in [0.15, 0.2) is 15.8 Å². The van der Waals surface area contributed by atoms with Crippen molar-refractivity contribution in [3.63, 3.8) is 0 Å². The minimum absolute atomic E-state index is 0.127. The molecule has 104 valence electrons. The summed E-state index contributed by atoms with van der Waals surface area (Å²) in [6, 6.07) is 0. The molecule has 1 heterocycles. The van der Waals surface area contributed by atoms with Crippen molar-refractivity contribution in [2.24, 2.45) is 20.0 Å². The van der Waals surface area contributed by atoms with Crippen molar-refractivity contribution < 1.29 is 4.79 Å². The van der Waals surface area contributed by atoms with Crippen LogP contribution in [0.25, 0.3) is 0 Å². The summed E-state index contributed by atoms with van der Waals surface area (Å²) in [6.45, 7) is 0. The summed E-state index contributed by atoms with van der Waals surface area (Å²) in [6.07, 6.45) is 7.50. The number of hydrogen-bond donors (Lipinski definition) is 0. The molecule has 0 aliphatic heterocycles. The molecule has 1 fully saturated rings. The van der Waals surface area contributed by atoms with Crippen molar-refractivity contribution in [3.05, 3.63) is 32.6 Å². The van der Waals surface area contributed by atoms with Crippen molar-refractivity contribution in [2.75, 3.05) is 0 Å². The largest absolute Gasteiger partial charge is 0.330 e. The lowest BCUT2D eigenvalue weighted by Crippen LogP contribution is -2.39. The Hall–Kier alpha value is -1.65. The van der Waals surface area contributed by atoms with Gasteiger partial charge in [-0.25, -0.2) is 4.79 Å². The summed E-state index contributed by atoms with van der Waals surface area (Å²) in [5.41, 5.74) is -0.764. The Bertz CT molecular complexity index is 592. The van der Waals surface area contributed by atoms with Crippen molar-refractivity contribution in [2.45, 2.75) is 38.5 Å². The molecule has 0 unspecified atom stereocenters. The van der Waals surface area contributed by atoms with Crippen LogP contribution < -0.4 is 11.2 Å². The molecule has 0 atom stereocenters. The van der Waals surface area contributed by atoms with E-state index >= 15 is 0 Å². The number of hydrogen-bond acceptors (Lipinski definition) is 3. The normalized spacial score (nSPS) is 15.9. The second-order valence-corrected chi connectivity index (χ2v) is 5.41. The number of aromatic nitrogens is 2. The summed E-state index contributed by atoms with van der Waals surface area (Å²) in [5.74, 6) is 0.475. The molecule has 5 heteroatoms. The van der Waals surface area contributed by atoms with Crippen molar-refractivity contribution in [1.82, 2.24) is 9.13 Å². The lowest BCUT2D eigenvalue weighted by atomic mass is 9.98. The minimum Gasteiger partial charge on any atom is -0.303 e. The van der Waals surface area contributed by atoms with Gasteiger partial charge in [-0.3, -0.25) is 14.2 Å². The van der Waals surface area contributed by atoms with Gasteiger partial charge in [0.25, 0.3) is 5.56 Å². The lowest BCUT2D eigenvalue weighted by molar-refractivity contribution is 0.0971. The fraction of sp³-hybridized carbons (Fsp3) is 0.643. The fourth-order valence-electron chi connectivity index (χ4n) is 2.77. The van der Waals surface area contributed by atoms with Gasteiger partial charge < -0.3 is 4.57 Å². The predicted molar refractivity (Wildman–Crippen MR) is 72.4 cm³/mol. The maximum atomic E-state index is 12.1. The SMILES string of the molecule is Cn1cc(C(=O)CCC2CCCC2)c(=O)n(C)c1=O. The molecule has 1 aromatic rings. The third-order valence-corrected chi connectivity index (χ3v) is 4.00. The zero-order valence-electron chi connectivity index (χ0n) is 11.5. The average Bonchev–Trinajstić information content (AvgIpc) is 2.91. The van der Waals surface area contributed by atoms with E-state index in [1.807, 2.05) is 0 Å². The van der Waals surface area contributed by atoms with Crippen LogP contribution in [-0.2, 0) is 14.1 Å². The molecule has 0 aromatic carbocycles. The molecule has 0 spiro atoms. The highest BCUT2D eigenvalue weighted by atomic mass is 16.2. The molecule has 0 bridgehead atoms. The Labute approximate surface area is 111 Å². The van der Waals surface area contributed by atoms with Gasteiger partial charge in [0.15, 0.2) is 5.78 Å². The Kier molecular flexibility index (Phi) is 4.02. The molecule has 2 rings (SSSR count). The fourth-order valence-corrected chi connectivity index (χ4v) is 2.77. The molecule has 1 aliphatic carbocycles. The number of Topliss-reactive ketones (excluding diaryl/α,β-unsaturated/α-hetero) is 1. The molecule has 0 radical (unpaired) electrons. The van der Waals surface area contributed by atoms with Crippen LogP contribution in [0.4, 0.5) is 0 Å². The van der Waals surface area contributed by atoms with Gasteiger partial charge in [-0.1, -0.05) is 25.7 Å². The van der Waals surface area contributed by atoms with E-state index < -0.39 is 11.2 Å². The Morgan fingerprint density at radius 3 is 2.53 bits per heavy atom. The van der Waals surface area contributed by atoms with E-state index in [1.54, 1.807) is 7.05 Å². The second-order valence-electron chi connectivity index (χ2n) is 5.41. The number of nitrogens with zero attached hydrogens (tertiary/aromatic N) is 2. The topological polar surface area (TPSA) is 61.1 Å². The first-order chi connectivity index (χ1) is 9.00. The van der Waals surface area contributed by atoms with Crippen LogP contribution in [0.1, 0.15) is 48.9 Å². The molecule has 0 amide bonds. The highest BCUT2D eigenvalue weighted by molar-refractivity contribution is 5.95. The molecule has 1 aliphatic rings. The van der Waals surface area contributed by atoms with E-state index in [4.69, 9.17) is 0 Å². The third-order valence-electron chi connectivity index (χ3n) is 4.00. The van der Waals surface area contributed by atoms with Crippen molar-refractivity contribution in [3.8, 4) is 0 Å². The van der Waals surface area contributed by atoms with Gasteiger partial charge in [-0.2, -0.15) is 0 Å². The number of rotatable bonds is 4. The van der Waals surface area contributed by atoms with Crippen LogP contribution in [-0.4, -0.2) is 14.9 Å². The summed E-state index contributed by atoms with van der Waals surface area (Å²) in [7, 11) is 2.95. The smallest absolute Gasteiger partial charge is 0.303 e. The van der Waals surface area contributed by atoms with Gasteiger partial charge in [0.1, 0.15) is 0 Å². The first kappa shape index (κ1) is 13.8. The van der Waals surface area contributed by atoms with E-state index in [0.717, 1.165) is 11.0 Å². The Morgan fingerprint density at radius 1 is 1.26 bits per heavy atom. The van der Waals surface area contributed by atoms with Crippen LogP contribution in [0, 0.1) is 5.92 Å². The highest BCUT2D eigenvalue weighted by Crippen LogP contribution is 2.28. The predicted octanol–water partition coefficient (Wildman–Crippen LogP) is 1.24. The maximum Gasteiger partial charge on any atom is 0.330 e. The van der Waals surface area contributed by atoms with Crippen molar-refractivity contribution >= 4 is 5.78 Å². The van der Waals surface area contributed by atoms with E-state index in [-0.39, 0.29) is 11.3 Å². The molecule has 0 N–H and O–H groups in total. The summed E-state index contributed by atoms with van der Waals surface area (Å²) in [5, 5.41) is 0. The monoisotopic (exact) mass is 264 g/mol. The Balaban J connectivity index is 2.15. The van der Waals surface area contributed by atoms with E-state index in [2.05, 4.69) is 0 Å². The molecule has 1 saturated carbocycles. The molecular formula is C14H20N2O3. The number of aryl methyl sites for hydroxylation is 1. The quantitative estimate of drug-likeness (QED) is 0.769. The molecule has 1 aromatic heterocycles. The zero-order chi connectivity index (χ0) is 14.0. The van der Waals surface area contributed by atoms with Crippen LogP contribution in [0.3, 0.4) is 0 Å². The van der Waals surface area contributed by atoms with E-state index in [9.17, 15) is 14.4 Å². The third kappa shape index (κ3) is 2.85. The van der Waals surface area contributed by atoms with Gasteiger partial charge in [0, 0.05) is 26.7 Å². The van der Waals surface area contributed by atoms with Crippen LogP contribution >= 0.6 is 0 Å². The van der Waals surface area contributed by atoms with Gasteiger partial charge in [-0.05, 0) is 12.3 Å². The first-order valence-electron chi connectivity index (χ1n) is 6.80. The van der Waals surface area contributed by atoms with Gasteiger partial charge in [0.05, 0.1) is 5.56 Å². The highest BCUT2D eigenvalue weighted by Gasteiger charge is 2.19. The molecule has 0 saturated heterocycles. The lowest BCUT2D eigenvalue weighted by Gasteiger charge is -2.09. The molecule has 5 nitrogen and oxygen atoms in total. The minimum atomic E-state index is -0.487. The number of carbonyl (C=O) groups is 1. The van der Waals surface area contributed by atoms with Gasteiger partial charge in [-0.15, -0.1) is 0 Å². The van der Waals surface area contributed by atoms with Gasteiger partial charge in [0.2, 0.25) is 0 Å². The van der Waals surface area contributed by atoms with Crippen molar-refractivity contribution in [1.29, 1.82) is 0 Å². The molecular weight excluding hydrogens is 244 g/mol. The average molecular weight is 264 g/mol. The summed E-state index contributed by atoms with van der Waals surface area (Å²) >= 11 is 0. The van der Waals surface area contributed by atoms with E-state index in [0.29, 0.717) is 12.3 Å². The maximum absolute atomic E-state index is 12.1. The second kappa shape index (κ2) is 5.55.